The number of nitrogens with two attached hydrogens (primary N) is 1. The molecule has 0 bridgehead atoms. The summed E-state index contributed by atoms with van der Waals surface area (Å²) in [7, 11) is 1.81. The van der Waals surface area contributed by atoms with E-state index in [0.717, 1.165) is 12.8 Å². The number of hydrogen-bond acceptors (Lipinski definition) is 3. The van der Waals surface area contributed by atoms with Gasteiger partial charge in [-0.15, -0.1) is 12.4 Å². The van der Waals surface area contributed by atoms with Crippen LogP contribution in [0.5, 0.6) is 0 Å². The van der Waals surface area contributed by atoms with Crippen molar-refractivity contribution < 1.29 is 9.59 Å². The fraction of sp³-hybridized carbons (Fsp3) is 0.875. The molecule has 1 aliphatic rings. The number of likely N-dealkylation sites (tertiary alicyclic amines) is 1. The van der Waals surface area contributed by atoms with Crippen molar-refractivity contribution in [2.75, 3.05) is 26.7 Å². The summed E-state index contributed by atoms with van der Waals surface area (Å²) in [6.45, 7) is 9.99. The molecule has 2 unspecified atom stereocenters. The van der Waals surface area contributed by atoms with Gasteiger partial charge in [0.25, 0.3) is 0 Å². The number of amides is 2. The summed E-state index contributed by atoms with van der Waals surface area (Å²) in [4.78, 5) is 28.2. The maximum Gasteiger partial charge on any atom is 0.227 e. The van der Waals surface area contributed by atoms with E-state index >= 15 is 0 Å². The number of carbonyl (C=O) groups is 2. The minimum absolute atomic E-state index is 0. The Morgan fingerprint density at radius 2 is 2.09 bits per heavy atom. The lowest BCUT2D eigenvalue weighted by Crippen LogP contribution is -2.43. The summed E-state index contributed by atoms with van der Waals surface area (Å²) in [5, 5.41) is 0. The van der Waals surface area contributed by atoms with Gasteiger partial charge in [-0.1, -0.05) is 27.2 Å². The number of nitrogens with zero attached hydrogens (tertiary/aromatic N) is 2. The molecule has 6 heteroatoms. The zero-order valence-corrected chi connectivity index (χ0v) is 15.4. The van der Waals surface area contributed by atoms with Crippen molar-refractivity contribution >= 4 is 24.2 Å². The van der Waals surface area contributed by atoms with Crippen LogP contribution in [0.4, 0.5) is 0 Å². The van der Waals surface area contributed by atoms with E-state index in [2.05, 4.69) is 13.8 Å². The standard InChI is InChI=1S/C16H31N3O2.ClH/c1-6-7-12(2)19-9-13(8-14(19)20)15(21)18(5)11-16(3,4)10-17;/h12-13H,6-11,17H2,1-5H3;1H. The lowest BCUT2D eigenvalue weighted by Gasteiger charge is -2.30. The molecule has 0 saturated carbocycles. The third-order valence-corrected chi connectivity index (χ3v) is 4.34. The second kappa shape index (κ2) is 8.73. The molecule has 130 valence electrons. The van der Waals surface area contributed by atoms with E-state index in [0.29, 0.717) is 26.1 Å². The Balaban J connectivity index is 0.00000441. The Hall–Kier alpha value is -0.810. The maximum absolute atomic E-state index is 12.5. The van der Waals surface area contributed by atoms with Gasteiger partial charge >= 0.3 is 0 Å². The summed E-state index contributed by atoms with van der Waals surface area (Å²) < 4.78 is 0. The Kier molecular flexibility index (Phi) is 8.40. The summed E-state index contributed by atoms with van der Waals surface area (Å²) in [6, 6.07) is 0.228. The largest absolute Gasteiger partial charge is 0.345 e. The Morgan fingerprint density at radius 1 is 1.50 bits per heavy atom. The first-order valence-corrected chi connectivity index (χ1v) is 7.96. The molecule has 1 rings (SSSR count). The van der Waals surface area contributed by atoms with Crippen molar-refractivity contribution in [2.45, 2.75) is 53.0 Å². The Labute approximate surface area is 141 Å². The Morgan fingerprint density at radius 3 is 2.59 bits per heavy atom. The normalized spacial score (nSPS) is 19.8. The molecule has 0 aromatic rings. The molecule has 22 heavy (non-hydrogen) atoms. The Bertz CT molecular complexity index is 388. The van der Waals surface area contributed by atoms with E-state index in [1.807, 2.05) is 25.8 Å². The third-order valence-electron chi connectivity index (χ3n) is 4.34. The molecular weight excluding hydrogens is 302 g/mol. The van der Waals surface area contributed by atoms with Gasteiger partial charge in [-0.25, -0.2) is 0 Å². The molecule has 5 nitrogen and oxygen atoms in total. The van der Waals surface area contributed by atoms with Gasteiger partial charge in [0.05, 0.1) is 5.92 Å². The minimum atomic E-state index is -0.199. The number of halogens is 1. The molecule has 1 heterocycles. The quantitative estimate of drug-likeness (QED) is 0.773. The van der Waals surface area contributed by atoms with Crippen molar-refractivity contribution in [2.24, 2.45) is 17.1 Å². The SMILES string of the molecule is CCCC(C)N1CC(C(=O)N(C)CC(C)(C)CN)CC1=O.Cl. The molecule has 0 aromatic heterocycles. The molecule has 0 spiro atoms. The van der Waals surface area contributed by atoms with Crippen LogP contribution in [0.15, 0.2) is 0 Å². The summed E-state index contributed by atoms with van der Waals surface area (Å²) >= 11 is 0. The van der Waals surface area contributed by atoms with Crippen molar-refractivity contribution in [3.05, 3.63) is 0 Å². The van der Waals surface area contributed by atoms with Crippen LogP contribution >= 0.6 is 12.4 Å². The lowest BCUT2D eigenvalue weighted by molar-refractivity contribution is -0.135. The highest BCUT2D eigenvalue weighted by molar-refractivity contribution is 5.89. The first kappa shape index (κ1) is 21.2. The van der Waals surface area contributed by atoms with Crippen LogP contribution in [-0.4, -0.2) is 54.3 Å². The van der Waals surface area contributed by atoms with Gasteiger partial charge in [0.2, 0.25) is 11.8 Å². The molecule has 1 fully saturated rings. The third kappa shape index (κ3) is 5.43. The van der Waals surface area contributed by atoms with Gasteiger partial charge in [0.15, 0.2) is 0 Å². The van der Waals surface area contributed by atoms with Crippen molar-refractivity contribution in [1.29, 1.82) is 0 Å². The van der Waals surface area contributed by atoms with Crippen LogP contribution in [0.3, 0.4) is 0 Å². The van der Waals surface area contributed by atoms with Gasteiger partial charge < -0.3 is 15.5 Å². The molecule has 2 amide bonds. The monoisotopic (exact) mass is 333 g/mol. The summed E-state index contributed by atoms with van der Waals surface area (Å²) in [5.74, 6) is -0.0211. The molecular formula is C16H32ClN3O2. The first-order valence-electron chi connectivity index (χ1n) is 7.96. The van der Waals surface area contributed by atoms with Gasteiger partial charge in [0, 0.05) is 32.6 Å². The van der Waals surface area contributed by atoms with E-state index in [1.54, 1.807) is 4.90 Å². The average Bonchev–Trinajstić information content (AvgIpc) is 2.79. The van der Waals surface area contributed by atoms with Gasteiger partial charge in [-0.2, -0.15) is 0 Å². The topological polar surface area (TPSA) is 66.6 Å². The minimum Gasteiger partial charge on any atom is -0.345 e. The lowest BCUT2D eigenvalue weighted by atomic mass is 9.92. The molecule has 1 aliphatic heterocycles. The molecule has 0 radical (unpaired) electrons. The van der Waals surface area contributed by atoms with Crippen LogP contribution < -0.4 is 5.73 Å². The molecule has 2 N–H and O–H groups in total. The maximum atomic E-state index is 12.5. The van der Waals surface area contributed by atoms with Gasteiger partial charge in [0.1, 0.15) is 0 Å². The van der Waals surface area contributed by atoms with Gasteiger partial charge in [-0.05, 0) is 25.3 Å². The van der Waals surface area contributed by atoms with Crippen LogP contribution in [-0.2, 0) is 9.59 Å². The fourth-order valence-corrected chi connectivity index (χ4v) is 2.99. The van der Waals surface area contributed by atoms with Crippen molar-refractivity contribution in [3.8, 4) is 0 Å². The van der Waals surface area contributed by atoms with E-state index in [9.17, 15) is 9.59 Å². The smallest absolute Gasteiger partial charge is 0.227 e. The highest BCUT2D eigenvalue weighted by atomic mass is 35.5. The molecule has 0 aromatic carbocycles. The van der Waals surface area contributed by atoms with Crippen LogP contribution in [0.2, 0.25) is 0 Å². The molecule has 0 aliphatic carbocycles. The number of carbonyl (C=O) groups excluding carboxylic acids is 2. The van der Waals surface area contributed by atoms with E-state index in [-0.39, 0.29) is 41.6 Å². The second-order valence-electron chi connectivity index (χ2n) is 7.15. The van der Waals surface area contributed by atoms with Crippen LogP contribution in [0.25, 0.3) is 0 Å². The molecule has 1 saturated heterocycles. The predicted molar refractivity (Wildman–Crippen MR) is 91.9 cm³/mol. The van der Waals surface area contributed by atoms with Gasteiger partial charge in [-0.3, -0.25) is 9.59 Å². The molecule has 2 atom stereocenters. The predicted octanol–water partition coefficient (Wildman–Crippen LogP) is 1.89. The second-order valence-corrected chi connectivity index (χ2v) is 7.15. The number of hydrogen-bond donors (Lipinski definition) is 1. The summed E-state index contributed by atoms with van der Waals surface area (Å²) in [5.41, 5.74) is 5.63. The fourth-order valence-electron chi connectivity index (χ4n) is 2.99. The zero-order valence-electron chi connectivity index (χ0n) is 14.6. The van der Waals surface area contributed by atoms with E-state index in [1.165, 1.54) is 0 Å². The van der Waals surface area contributed by atoms with E-state index < -0.39 is 0 Å². The van der Waals surface area contributed by atoms with Crippen molar-refractivity contribution in [1.82, 2.24) is 9.80 Å². The zero-order chi connectivity index (χ0) is 16.2. The number of rotatable bonds is 7. The van der Waals surface area contributed by atoms with Crippen molar-refractivity contribution in [3.63, 3.8) is 0 Å². The summed E-state index contributed by atoms with van der Waals surface area (Å²) in [6.07, 6.45) is 2.39. The first-order chi connectivity index (χ1) is 9.71. The average molecular weight is 334 g/mol. The highest BCUT2D eigenvalue weighted by Crippen LogP contribution is 2.24. The van der Waals surface area contributed by atoms with Crippen LogP contribution in [0.1, 0.15) is 47.0 Å². The van der Waals surface area contributed by atoms with Crippen LogP contribution in [0, 0.1) is 11.3 Å². The van der Waals surface area contributed by atoms with E-state index in [4.69, 9.17) is 5.73 Å². The highest BCUT2D eigenvalue weighted by Gasteiger charge is 2.38.